The van der Waals surface area contributed by atoms with Gasteiger partial charge < -0.3 is 4.74 Å². The molecule has 0 saturated heterocycles. The van der Waals surface area contributed by atoms with Gasteiger partial charge in [0, 0.05) is 11.5 Å². The second-order valence-corrected chi connectivity index (χ2v) is 2.57. The summed E-state index contributed by atoms with van der Waals surface area (Å²) >= 11 is 0. The fraction of sp³-hybridized carbons (Fsp3) is 0. The Kier molecular flexibility index (Phi) is 7.40. The summed E-state index contributed by atoms with van der Waals surface area (Å²) in [7, 11) is 0. The predicted molar refractivity (Wildman–Crippen MR) is 50.6 cm³/mol. The third kappa shape index (κ3) is 4.65. The molecule has 0 spiro atoms. The Labute approximate surface area is 114 Å². The van der Waals surface area contributed by atoms with E-state index in [1.54, 1.807) is 0 Å². The average molecular weight is 182 g/mol. The fourth-order valence-corrected chi connectivity index (χ4v) is 1.02. The van der Waals surface area contributed by atoms with Crippen LogP contribution in [-0.2, 0) is 0 Å². The van der Waals surface area contributed by atoms with Crippen LogP contribution >= 0.6 is 0 Å². The van der Waals surface area contributed by atoms with Gasteiger partial charge in [0.15, 0.2) is 0 Å². The first-order valence-corrected chi connectivity index (χ1v) is 4.05. The van der Waals surface area contributed by atoms with Crippen LogP contribution in [0.5, 0.6) is 11.5 Å². The summed E-state index contributed by atoms with van der Waals surface area (Å²) in [5.41, 5.74) is 0. The van der Waals surface area contributed by atoms with Gasteiger partial charge in [-0.3, -0.25) is 0 Å². The smallest absolute Gasteiger partial charge is 0.508 e. The zero-order valence-electron chi connectivity index (χ0n) is 9.03. The molecule has 0 saturated carbocycles. The second-order valence-electron chi connectivity index (χ2n) is 2.57. The molecule has 0 N–H and O–H groups in total. The van der Waals surface area contributed by atoms with E-state index in [1.807, 2.05) is 48.5 Å². The van der Waals surface area contributed by atoms with E-state index >= 15 is 0 Å². The summed E-state index contributed by atoms with van der Waals surface area (Å²) in [6.07, 6.45) is 0. The van der Waals surface area contributed by atoms with E-state index < -0.39 is 0 Å². The van der Waals surface area contributed by atoms with E-state index in [4.69, 9.17) is 4.74 Å². The molecule has 0 atom stereocenters. The van der Waals surface area contributed by atoms with Gasteiger partial charge in [-0.2, -0.15) is 36.4 Å². The first-order valence-electron chi connectivity index (χ1n) is 4.05. The molecule has 0 unspecified atom stereocenters. The summed E-state index contributed by atoms with van der Waals surface area (Å²) in [5.74, 6) is 1.65. The molecular formula is C12H8Li2O. The maximum atomic E-state index is 5.54. The third-order valence-electron chi connectivity index (χ3n) is 1.61. The summed E-state index contributed by atoms with van der Waals surface area (Å²) in [6.45, 7) is 0. The van der Waals surface area contributed by atoms with E-state index in [-0.39, 0.29) is 37.7 Å². The number of benzene rings is 2. The topological polar surface area (TPSA) is 9.23 Å². The van der Waals surface area contributed by atoms with Crippen LogP contribution in [0.1, 0.15) is 0 Å². The van der Waals surface area contributed by atoms with Crippen molar-refractivity contribution >= 4 is 0 Å². The van der Waals surface area contributed by atoms with Crippen LogP contribution in [0.25, 0.3) is 0 Å². The van der Waals surface area contributed by atoms with E-state index in [1.165, 1.54) is 0 Å². The zero-order valence-corrected chi connectivity index (χ0v) is 9.03. The van der Waals surface area contributed by atoms with Crippen LogP contribution in [0.2, 0.25) is 0 Å². The Balaban J connectivity index is 0.000000980. The van der Waals surface area contributed by atoms with Gasteiger partial charge in [-0.05, 0) is 0 Å². The van der Waals surface area contributed by atoms with Crippen LogP contribution in [0.4, 0.5) is 0 Å². The van der Waals surface area contributed by atoms with Crippen LogP contribution in [0.15, 0.2) is 48.5 Å². The molecular weight excluding hydrogens is 174 g/mol. The van der Waals surface area contributed by atoms with Gasteiger partial charge in [-0.1, -0.05) is 0 Å². The standard InChI is InChI=1S/C12H8O.2Li/c1-3-7-11(8-4-1)13-12-9-5-2-6-10-12;;/h3-10H;;/q-2;2*+1. The average Bonchev–Trinajstić information content (AvgIpc) is 2.21. The van der Waals surface area contributed by atoms with E-state index in [0.717, 1.165) is 11.5 Å². The monoisotopic (exact) mass is 182 g/mol. The molecule has 0 aliphatic heterocycles. The number of hydrogen-bond donors (Lipinski definition) is 0. The van der Waals surface area contributed by atoms with Gasteiger partial charge in [0.1, 0.15) is 0 Å². The molecule has 0 bridgehead atoms. The maximum Gasteiger partial charge on any atom is 1.00 e. The predicted octanol–water partition coefficient (Wildman–Crippen LogP) is -2.91. The number of hydrogen-bond acceptors (Lipinski definition) is 1. The Morgan fingerprint density at radius 3 is 1.33 bits per heavy atom. The van der Waals surface area contributed by atoms with Gasteiger partial charge in [0.05, 0.1) is 0 Å². The van der Waals surface area contributed by atoms with Gasteiger partial charge >= 0.3 is 37.7 Å². The van der Waals surface area contributed by atoms with E-state index in [0.29, 0.717) is 0 Å². The van der Waals surface area contributed by atoms with Crippen molar-refractivity contribution in [1.29, 1.82) is 0 Å². The molecule has 64 valence electrons. The minimum absolute atomic E-state index is 0. The molecule has 15 heavy (non-hydrogen) atoms. The molecule has 0 aliphatic rings. The third-order valence-corrected chi connectivity index (χ3v) is 1.61. The molecule has 2 aromatic rings. The zero-order chi connectivity index (χ0) is 8.93. The summed E-state index contributed by atoms with van der Waals surface area (Å²) < 4.78 is 5.54. The van der Waals surface area contributed by atoms with Gasteiger partial charge in [0.25, 0.3) is 0 Å². The first kappa shape index (κ1) is 14.4. The fourth-order valence-electron chi connectivity index (χ4n) is 1.02. The molecule has 0 aromatic heterocycles. The maximum absolute atomic E-state index is 5.54. The Bertz CT molecular complexity index is 324. The number of rotatable bonds is 2. The quantitative estimate of drug-likeness (QED) is 0.357. The first-order chi connectivity index (χ1) is 6.45. The molecule has 0 radical (unpaired) electrons. The van der Waals surface area contributed by atoms with Crippen LogP contribution in [0.3, 0.4) is 0 Å². The van der Waals surface area contributed by atoms with Crippen molar-refractivity contribution in [3.05, 3.63) is 60.7 Å². The largest absolute Gasteiger partial charge is 1.00 e. The molecule has 2 rings (SSSR count). The van der Waals surface area contributed by atoms with Crippen molar-refractivity contribution in [3.8, 4) is 11.5 Å². The molecule has 1 nitrogen and oxygen atoms in total. The van der Waals surface area contributed by atoms with Gasteiger partial charge in [-0.25, -0.2) is 0 Å². The molecule has 3 heteroatoms. The van der Waals surface area contributed by atoms with Crippen molar-refractivity contribution in [1.82, 2.24) is 0 Å². The molecule has 0 fully saturated rings. The molecule has 0 aliphatic carbocycles. The molecule has 0 amide bonds. The van der Waals surface area contributed by atoms with Crippen LogP contribution in [0, 0.1) is 12.1 Å². The Morgan fingerprint density at radius 1 is 0.667 bits per heavy atom. The Morgan fingerprint density at radius 2 is 1.00 bits per heavy atom. The van der Waals surface area contributed by atoms with Crippen molar-refractivity contribution in [2.45, 2.75) is 0 Å². The van der Waals surface area contributed by atoms with Crippen molar-refractivity contribution in [2.24, 2.45) is 0 Å². The minimum Gasteiger partial charge on any atom is -0.508 e. The van der Waals surface area contributed by atoms with Crippen molar-refractivity contribution in [2.75, 3.05) is 0 Å². The Hall–Kier alpha value is -0.565. The van der Waals surface area contributed by atoms with Crippen molar-refractivity contribution in [3.63, 3.8) is 0 Å². The van der Waals surface area contributed by atoms with Crippen LogP contribution in [-0.4, -0.2) is 0 Å². The number of ether oxygens (including phenoxy) is 1. The van der Waals surface area contributed by atoms with Crippen LogP contribution < -0.4 is 42.5 Å². The van der Waals surface area contributed by atoms with Gasteiger partial charge in [0.2, 0.25) is 0 Å². The van der Waals surface area contributed by atoms with Crippen molar-refractivity contribution < 1.29 is 42.5 Å². The second kappa shape index (κ2) is 7.69. The normalized spacial score (nSPS) is 8.27. The molecule has 0 heterocycles. The van der Waals surface area contributed by atoms with E-state index in [9.17, 15) is 0 Å². The molecule has 2 aromatic carbocycles. The summed E-state index contributed by atoms with van der Waals surface area (Å²) in [5, 5.41) is 0. The SMILES string of the molecule is [Li+].[Li+].[c-]1ccc(Oc2cc[c-]cc2)cc1. The van der Waals surface area contributed by atoms with Gasteiger partial charge in [-0.15, -0.1) is 24.3 Å². The van der Waals surface area contributed by atoms with E-state index in [2.05, 4.69) is 12.1 Å². The summed E-state index contributed by atoms with van der Waals surface area (Å²) in [6, 6.07) is 20.6. The summed E-state index contributed by atoms with van der Waals surface area (Å²) in [4.78, 5) is 0. The minimum atomic E-state index is 0.